The van der Waals surface area contributed by atoms with Crippen LogP contribution in [-0.4, -0.2) is 29.0 Å². The molecule has 0 aromatic heterocycles. The minimum absolute atomic E-state index is 0.0739. The number of carboxylic acid groups (broad SMARTS) is 1. The van der Waals surface area contributed by atoms with Gasteiger partial charge in [-0.15, -0.1) is 0 Å². The summed E-state index contributed by atoms with van der Waals surface area (Å²) in [5.74, 6) is -0.850. The largest absolute Gasteiger partial charge is 0.481 e. The Labute approximate surface area is 122 Å². The third kappa shape index (κ3) is 4.87. The topological polar surface area (TPSA) is 101 Å². The van der Waals surface area contributed by atoms with E-state index in [2.05, 4.69) is 0 Å². The Bertz CT molecular complexity index is 530. The van der Waals surface area contributed by atoms with E-state index in [4.69, 9.17) is 5.11 Å². The fourth-order valence-corrected chi connectivity index (χ4v) is 2.08. The molecule has 1 rings (SSSR count). The van der Waals surface area contributed by atoms with E-state index in [-0.39, 0.29) is 17.8 Å². The van der Waals surface area contributed by atoms with Crippen molar-refractivity contribution < 1.29 is 19.6 Å². The molecule has 114 valence electrons. The molecule has 0 spiro atoms. The number of anilines is 1. The molecule has 0 saturated carbocycles. The van der Waals surface area contributed by atoms with Crippen LogP contribution in [0, 0.1) is 17.0 Å². The number of para-hydroxylation sites is 1. The summed E-state index contributed by atoms with van der Waals surface area (Å²) in [5, 5.41) is 19.6. The van der Waals surface area contributed by atoms with Gasteiger partial charge < -0.3 is 10.0 Å². The minimum Gasteiger partial charge on any atom is -0.481 e. The van der Waals surface area contributed by atoms with Crippen molar-refractivity contribution in [1.82, 2.24) is 0 Å². The Balaban J connectivity index is 2.72. The van der Waals surface area contributed by atoms with E-state index < -0.39 is 10.9 Å². The average molecular weight is 294 g/mol. The van der Waals surface area contributed by atoms with Crippen molar-refractivity contribution in [3.8, 4) is 0 Å². The number of nitro benzene ring substituents is 1. The molecular weight excluding hydrogens is 276 g/mol. The highest BCUT2D eigenvalue weighted by Gasteiger charge is 2.21. The molecular formula is C14H18N2O5. The van der Waals surface area contributed by atoms with Crippen LogP contribution in [0.25, 0.3) is 0 Å². The summed E-state index contributed by atoms with van der Waals surface area (Å²) in [4.78, 5) is 33.5. The lowest BCUT2D eigenvalue weighted by molar-refractivity contribution is -0.384. The molecule has 7 heteroatoms. The Kier molecular flexibility index (Phi) is 6.32. The standard InChI is InChI=1S/C14H18N2O5/c1-11-6-5-7-12(14(11)16(20)21)15(10-17)9-4-2-3-8-13(18)19/h5-7,10H,2-4,8-9H2,1H3,(H,18,19). The highest BCUT2D eigenvalue weighted by molar-refractivity contribution is 5.81. The lowest BCUT2D eigenvalue weighted by Crippen LogP contribution is -2.23. The van der Waals surface area contributed by atoms with Crippen molar-refractivity contribution in [2.45, 2.75) is 32.6 Å². The Morgan fingerprint density at radius 1 is 1.38 bits per heavy atom. The summed E-state index contributed by atoms with van der Waals surface area (Å²) in [6.07, 6.45) is 2.43. The van der Waals surface area contributed by atoms with Crippen LogP contribution in [0.4, 0.5) is 11.4 Å². The number of carbonyl (C=O) groups is 2. The van der Waals surface area contributed by atoms with Crippen LogP contribution in [-0.2, 0) is 9.59 Å². The van der Waals surface area contributed by atoms with E-state index in [9.17, 15) is 19.7 Å². The molecule has 1 N–H and O–H groups in total. The summed E-state index contributed by atoms with van der Waals surface area (Å²) in [6, 6.07) is 4.83. The maximum absolute atomic E-state index is 11.2. The van der Waals surface area contributed by atoms with Crippen LogP contribution in [0.15, 0.2) is 18.2 Å². The van der Waals surface area contributed by atoms with Gasteiger partial charge in [0.2, 0.25) is 6.41 Å². The van der Waals surface area contributed by atoms with Gasteiger partial charge in [0.15, 0.2) is 0 Å². The first-order chi connectivity index (χ1) is 9.97. The first kappa shape index (κ1) is 16.6. The van der Waals surface area contributed by atoms with E-state index in [0.29, 0.717) is 37.8 Å². The van der Waals surface area contributed by atoms with Crippen molar-refractivity contribution in [2.24, 2.45) is 0 Å². The fourth-order valence-electron chi connectivity index (χ4n) is 2.08. The van der Waals surface area contributed by atoms with Gasteiger partial charge in [0.25, 0.3) is 5.69 Å². The van der Waals surface area contributed by atoms with Crippen LogP contribution in [0.2, 0.25) is 0 Å². The van der Waals surface area contributed by atoms with E-state index in [1.807, 2.05) is 0 Å². The van der Waals surface area contributed by atoms with E-state index in [1.54, 1.807) is 19.1 Å². The van der Waals surface area contributed by atoms with Gasteiger partial charge in [0.05, 0.1) is 4.92 Å². The zero-order valence-electron chi connectivity index (χ0n) is 11.8. The summed E-state index contributed by atoms with van der Waals surface area (Å²) in [6.45, 7) is 1.95. The second-order valence-electron chi connectivity index (χ2n) is 4.70. The Morgan fingerprint density at radius 2 is 2.10 bits per heavy atom. The number of hydrogen-bond acceptors (Lipinski definition) is 4. The maximum Gasteiger partial charge on any atom is 0.303 e. The van der Waals surface area contributed by atoms with Gasteiger partial charge in [-0.25, -0.2) is 0 Å². The number of carboxylic acids is 1. The molecule has 7 nitrogen and oxygen atoms in total. The second kappa shape index (κ2) is 7.98. The maximum atomic E-state index is 11.2. The van der Waals surface area contributed by atoms with Crippen LogP contribution in [0.3, 0.4) is 0 Å². The van der Waals surface area contributed by atoms with Crippen molar-refractivity contribution in [1.29, 1.82) is 0 Å². The van der Waals surface area contributed by atoms with E-state index >= 15 is 0 Å². The molecule has 0 atom stereocenters. The van der Waals surface area contributed by atoms with E-state index in [0.717, 1.165) is 0 Å². The SMILES string of the molecule is Cc1cccc(N(C=O)CCCCCC(=O)O)c1[N+](=O)[O-]. The highest BCUT2D eigenvalue weighted by atomic mass is 16.6. The molecule has 0 fully saturated rings. The summed E-state index contributed by atoms with van der Waals surface area (Å²) in [7, 11) is 0. The van der Waals surface area contributed by atoms with Gasteiger partial charge in [-0.1, -0.05) is 18.6 Å². The molecule has 0 aliphatic heterocycles. The predicted octanol–water partition coefficient (Wildman–Crippen LogP) is 2.51. The monoisotopic (exact) mass is 294 g/mol. The zero-order valence-corrected chi connectivity index (χ0v) is 11.8. The minimum atomic E-state index is -0.850. The number of unbranched alkanes of at least 4 members (excludes halogenated alkanes) is 2. The Morgan fingerprint density at radius 3 is 2.67 bits per heavy atom. The van der Waals surface area contributed by atoms with Gasteiger partial charge in [-0.05, 0) is 25.8 Å². The molecule has 1 aromatic rings. The molecule has 0 unspecified atom stereocenters. The number of benzene rings is 1. The van der Waals surface area contributed by atoms with E-state index in [1.165, 1.54) is 11.0 Å². The number of aryl methyl sites for hydroxylation is 1. The van der Waals surface area contributed by atoms with Crippen LogP contribution in [0.1, 0.15) is 31.2 Å². The molecule has 21 heavy (non-hydrogen) atoms. The summed E-state index contributed by atoms with van der Waals surface area (Å²) >= 11 is 0. The van der Waals surface area contributed by atoms with Gasteiger partial charge >= 0.3 is 5.97 Å². The number of aliphatic carboxylic acids is 1. The number of amides is 1. The van der Waals surface area contributed by atoms with Crippen molar-refractivity contribution >= 4 is 23.8 Å². The third-order valence-corrected chi connectivity index (χ3v) is 3.13. The number of hydrogen-bond donors (Lipinski definition) is 1. The van der Waals surface area contributed by atoms with Crippen molar-refractivity contribution in [2.75, 3.05) is 11.4 Å². The number of rotatable bonds is 9. The molecule has 1 amide bonds. The van der Waals surface area contributed by atoms with Crippen LogP contribution in [0.5, 0.6) is 0 Å². The predicted molar refractivity (Wildman–Crippen MR) is 77.3 cm³/mol. The molecule has 0 aliphatic carbocycles. The summed E-state index contributed by atoms with van der Waals surface area (Å²) in [5.41, 5.74) is 0.693. The average Bonchev–Trinajstić information content (AvgIpc) is 2.41. The molecule has 0 bridgehead atoms. The first-order valence-electron chi connectivity index (χ1n) is 6.65. The molecule has 1 aromatic carbocycles. The normalized spacial score (nSPS) is 10.1. The van der Waals surface area contributed by atoms with Crippen LogP contribution >= 0.6 is 0 Å². The second-order valence-corrected chi connectivity index (χ2v) is 4.70. The van der Waals surface area contributed by atoms with Crippen molar-refractivity contribution in [3.05, 3.63) is 33.9 Å². The lowest BCUT2D eigenvalue weighted by atomic mass is 10.1. The zero-order chi connectivity index (χ0) is 15.8. The Hall–Kier alpha value is -2.44. The lowest BCUT2D eigenvalue weighted by Gasteiger charge is -2.18. The molecule has 0 aliphatic rings. The molecule has 0 heterocycles. The number of nitrogens with zero attached hydrogens (tertiary/aromatic N) is 2. The van der Waals surface area contributed by atoms with Crippen molar-refractivity contribution in [3.63, 3.8) is 0 Å². The molecule has 0 saturated heterocycles. The quantitative estimate of drug-likeness (QED) is 0.326. The summed E-state index contributed by atoms with van der Waals surface area (Å²) < 4.78 is 0. The first-order valence-corrected chi connectivity index (χ1v) is 6.65. The van der Waals surface area contributed by atoms with Gasteiger partial charge in [0, 0.05) is 18.5 Å². The number of carbonyl (C=O) groups excluding carboxylic acids is 1. The van der Waals surface area contributed by atoms with Gasteiger partial charge in [-0.2, -0.15) is 0 Å². The van der Waals surface area contributed by atoms with Gasteiger partial charge in [0.1, 0.15) is 5.69 Å². The van der Waals surface area contributed by atoms with Crippen LogP contribution < -0.4 is 4.90 Å². The molecule has 0 radical (unpaired) electrons. The smallest absolute Gasteiger partial charge is 0.303 e. The highest BCUT2D eigenvalue weighted by Crippen LogP contribution is 2.30. The fraction of sp³-hybridized carbons (Fsp3) is 0.429. The number of nitro groups is 1. The van der Waals surface area contributed by atoms with Gasteiger partial charge in [-0.3, -0.25) is 19.7 Å². The third-order valence-electron chi connectivity index (χ3n) is 3.13.